The lowest BCUT2D eigenvalue weighted by atomic mass is 9.94. The topological polar surface area (TPSA) is 63.2 Å². The Morgan fingerprint density at radius 3 is 2.55 bits per heavy atom. The minimum Gasteiger partial charge on any atom is -0.457 e. The lowest BCUT2D eigenvalue weighted by Gasteiger charge is -2.22. The molecule has 150 valence electrons. The van der Waals surface area contributed by atoms with Crippen molar-refractivity contribution in [1.82, 2.24) is 10.3 Å². The second-order valence-corrected chi connectivity index (χ2v) is 8.37. The van der Waals surface area contributed by atoms with Crippen LogP contribution in [0.15, 0.2) is 47.8 Å². The fraction of sp³-hybridized carbons (Fsp3) is 0.304. The molecule has 1 fully saturated rings. The number of thiophene rings is 1. The third-order valence-corrected chi connectivity index (χ3v) is 6.05. The van der Waals surface area contributed by atoms with Gasteiger partial charge in [-0.15, -0.1) is 11.3 Å². The molecular weight excluding hydrogens is 382 g/mol. The average Bonchev–Trinajstić information content (AvgIpc) is 3.16. The van der Waals surface area contributed by atoms with Crippen LogP contribution in [0.5, 0.6) is 11.5 Å². The van der Waals surface area contributed by atoms with Crippen molar-refractivity contribution in [1.29, 1.82) is 0 Å². The number of piperidine rings is 1. The molecule has 3 heterocycles. The van der Waals surface area contributed by atoms with Crippen LogP contribution in [0.4, 0.5) is 5.69 Å². The first-order valence-corrected chi connectivity index (χ1v) is 10.8. The maximum Gasteiger partial charge on any atom is 0.265 e. The number of carbonyl (C=O) groups is 1. The molecule has 0 unspecified atom stereocenters. The van der Waals surface area contributed by atoms with E-state index in [1.165, 1.54) is 11.3 Å². The monoisotopic (exact) mass is 407 g/mol. The molecule has 4 rings (SSSR count). The van der Waals surface area contributed by atoms with Crippen LogP contribution in [-0.4, -0.2) is 24.0 Å². The van der Waals surface area contributed by atoms with Crippen LogP contribution in [0, 0.1) is 13.8 Å². The molecule has 2 N–H and O–H groups in total. The maximum absolute atomic E-state index is 12.3. The molecule has 1 saturated heterocycles. The Labute approximate surface area is 175 Å². The van der Waals surface area contributed by atoms with Crippen LogP contribution in [0.1, 0.15) is 45.4 Å². The van der Waals surface area contributed by atoms with E-state index in [1.807, 2.05) is 55.6 Å². The first kappa shape index (κ1) is 19.6. The molecular formula is C23H25N3O2S. The second kappa shape index (κ2) is 8.76. The van der Waals surface area contributed by atoms with Gasteiger partial charge in [0.15, 0.2) is 0 Å². The van der Waals surface area contributed by atoms with E-state index < -0.39 is 0 Å². The van der Waals surface area contributed by atoms with Crippen molar-refractivity contribution in [3.8, 4) is 11.5 Å². The van der Waals surface area contributed by atoms with E-state index in [-0.39, 0.29) is 5.91 Å². The molecule has 5 nitrogen and oxygen atoms in total. The first-order chi connectivity index (χ1) is 14.1. The van der Waals surface area contributed by atoms with Gasteiger partial charge in [0.05, 0.1) is 4.88 Å². The van der Waals surface area contributed by atoms with Crippen LogP contribution < -0.4 is 15.4 Å². The Morgan fingerprint density at radius 2 is 1.86 bits per heavy atom. The molecule has 0 bridgehead atoms. The summed E-state index contributed by atoms with van der Waals surface area (Å²) in [7, 11) is 0. The van der Waals surface area contributed by atoms with Crippen molar-refractivity contribution in [3.63, 3.8) is 0 Å². The SMILES string of the molecule is Cc1csc(C(=O)Nc2ccc(Oc3cc(C)nc(C4CCNCC4)c3)cc2)c1. The van der Waals surface area contributed by atoms with Crippen molar-refractivity contribution in [3.05, 3.63) is 69.7 Å². The summed E-state index contributed by atoms with van der Waals surface area (Å²) in [5.74, 6) is 1.93. The molecule has 0 aliphatic carbocycles. The molecule has 6 heteroatoms. The van der Waals surface area contributed by atoms with Crippen LogP contribution in [0.2, 0.25) is 0 Å². The third-order valence-electron chi connectivity index (χ3n) is 5.01. The number of benzene rings is 1. The summed E-state index contributed by atoms with van der Waals surface area (Å²) in [6.07, 6.45) is 2.21. The molecule has 0 saturated carbocycles. The number of aryl methyl sites for hydroxylation is 2. The third kappa shape index (κ3) is 5.02. The molecule has 29 heavy (non-hydrogen) atoms. The Bertz CT molecular complexity index is 992. The van der Waals surface area contributed by atoms with E-state index in [2.05, 4.69) is 16.7 Å². The zero-order chi connectivity index (χ0) is 20.2. The summed E-state index contributed by atoms with van der Waals surface area (Å²) < 4.78 is 6.07. The van der Waals surface area contributed by atoms with Gasteiger partial charge >= 0.3 is 0 Å². The summed E-state index contributed by atoms with van der Waals surface area (Å²) in [4.78, 5) is 17.7. The zero-order valence-corrected chi connectivity index (χ0v) is 17.5. The van der Waals surface area contributed by atoms with E-state index in [0.29, 0.717) is 10.8 Å². The molecule has 1 amide bonds. The number of hydrogen-bond donors (Lipinski definition) is 2. The minimum atomic E-state index is -0.0897. The number of rotatable bonds is 5. The van der Waals surface area contributed by atoms with Crippen molar-refractivity contribution < 1.29 is 9.53 Å². The highest BCUT2D eigenvalue weighted by atomic mass is 32.1. The van der Waals surface area contributed by atoms with Crippen LogP contribution in [0.25, 0.3) is 0 Å². The van der Waals surface area contributed by atoms with Gasteiger partial charge in [0.1, 0.15) is 11.5 Å². The van der Waals surface area contributed by atoms with Gasteiger partial charge in [-0.25, -0.2) is 0 Å². The van der Waals surface area contributed by atoms with Gasteiger partial charge in [0.25, 0.3) is 5.91 Å². The van der Waals surface area contributed by atoms with Crippen molar-refractivity contribution in [2.45, 2.75) is 32.6 Å². The van der Waals surface area contributed by atoms with E-state index in [9.17, 15) is 4.79 Å². The number of aromatic nitrogens is 1. The molecule has 1 aliphatic rings. The van der Waals surface area contributed by atoms with Gasteiger partial charge in [0, 0.05) is 35.1 Å². The molecule has 3 aromatic rings. The number of ether oxygens (including phenoxy) is 1. The number of carbonyl (C=O) groups excluding carboxylic acids is 1. The minimum absolute atomic E-state index is 0.0897. The van der Waals surface area contributed by atoms with Gasteiger partial charge in [0.2, 0.25) is 0 Å². The fourth-order valence-corrected chi connectivity index (χ4v) is 4.33. The highest BCUT2D eigenvalue weighted by Gasteiger charge is 2.18. The van der Waals surface area contributed by atoms with Gasteiger partial charge in [-0.3, -0.25) is 9.78 Å². The summed E-state index contributed by atoms with van der Waals surface area (Å²) in [6.45, 7) is 6.06. The highest BCUT2D eigenvalue weighted by molar-refractivity contribution is 7.12. The number of anilines is 1. The largest absolute Gasteiger partial charge is 0.457 e. The van der Waals surface area contributed by atoms with Gasteiger partial charge < -0.3 is 15.4 Å². The Morgan fingerprint density at radius 1 is 1.10 bits per heavy atom. The summed E-state index contributed by atoms with van der Waals surface area (Å²) in [6, 6.07) is 13.4. The quantitative estimate of drug-likeness (QED) is 0.605. The van der Waals surface area contributed by atoms with E-state index in [1.54, 1.807) is 0 Å². The van der Waals surface area contributed by atoms with Crippen LogP contribution in [-0.2, 0) is 0 Å². The van der Waals surface area contributed by atoms with E-state index >= 15 is 0 Å². The summed E-state index contributed by atoms with van der Waals surface area (Å²) in [5.41, 5.74) is 3.91. The van der Waals surface area contributed by atoms with Gasteiger partial charge in [-0.05, 0) is 81.1 Å². The molecule has 2 aromatic heterocycles. The number of pyridine rings is 1. The van der Waals surface area contributed by atoms with E-state index in [4.69, 9.17) is 9.72 Å². The normalized spacial score (nSPS) is 14.6. The number of amides is 1. The predicted octanol–water partition coefficient (Wildman–Crippen LogP) is 5.27. The standard InChI is InChI=1S/C23H25N3O2S/c1-15-11-22(29-14-15)23(27)26-18-3-5-19(6-4-18)28-20-12-16(2)25-21(13-20)17-7-9-24-10-8-17/h3-6,11-14,17,24H,7-10H2,1-2H3,(H,26,27). The van der Waals surface area contributed by atoms with E-state index in [0.717, 1.165) is 60.1 Å². The highest BCUT2D eigenvalue weighted by Crippen LogP contribution is 2.30. The Balaban J connectivity index is 1.43. The molecule has 1 aromatic carbocycles. The van der Waals surface area contributed by atoms with Crippen molar-refractivity contribution in [2.24, 2.45) is 0 Å². The fourth-order valence-electron chi connectivity index (χ4n) is 3.53. The van der Waals surface area contributed by atoms with Gasteiger partial charge in [-0.2, -0.15) is 0 Å². The average molecular weight is 408 g/mol. The second-order valence-electron chi connectivity index (χ2n) is 7.46. The molecule has 1 aliphatic heterocycles. The van der Waals surface area contributed by atoms with Crippen LogP contribution >= 0.6 is 11.3 Å². The Hall–Kier alpha value is -2.70. The number of hydrogen-bond acceptors (Lipinski definition) is 5. The summed E-state index contributed by atoms with van der Waals surface area (Å²) >= 11 is 1.45. The summed E-state index contributed by atoms with van der Waals surface area (Å²) in [5, 5.41) is 8.29. The van der Waals surface area contributed by atoms with Crippen molar-refractivity contribution >= 4 is 22.9 Å². The Kier molecular flexibility index (Phi) is 5.92. The molecule has 0 radical (unpaired) electrons. The molecule has 0 atom stereocenters. The van der Waals surface area contributed by atoms with Crippen molar-refractivity contribution in [2.75, 3.05) is 18.4 Å². The van der Waals surface area contributed by atoms with Crippen LogP contribution in [0.3, 0.4) is 0 Å². The smallest absolute Gasteiger partial charge is 0.265 e. The lowest BCUT2D eigenvalue weighted by molar-refractivity contribution is 0.103. The number of nitrogens with zero attached hydrogens (tertiary/aromatic N) is 1. The predicted molar refractivity (Wildman–Crippen MR) is 117 cm³/mol. The van der Waals surface area contributed by atoms with Gasteiger partial charge in [-0.1, -0.05) is 0 Å². The molecule has 0 spiro atoms. The lowest BCUT2D eigenvalue weighted by Crippen LogP contribution is -2.27. The first-order valence-electron chi connectivity index (χ1n) is 9.90. The maximum atomic E-state index is 12.3. The zero-order valence-electron chi connectivity index (χ0n) is 16.7. The number of nitrogens with one attached hydrogen (secondary N) is 2.